The smallest absolute Gasteiger partial charge is 0.425 e. The van der Waals surface area contributed by atoms with E-state index in [0.29, 0.717) is 16.6 Å². The van der Waals surface area contributed by atoms with E-state index in [0.717, 1.165) is 13.9 Å². The van der Waals surface area contributed by atoms with Gasteiger partial charge in [-0.1, -0.05) is 35.6 Å². The summed E-state index contributed by atoms with van der Waals surface area (Å²) in [5.74, 6) is -0.789. The van der Waals surface area contributed by atoms with E-state index in [1.54, 1.807) is 86.6 Å². The standard InChI is InChI=1S/C33H47BrN6O8Si/c1-31(2,3)46-28(42)39(21-16-14-20(34)15-17-21)26-35-23-22(25(37-26)45-18-19-49(11,12)13)24(36-27(41)38(23)10)40(29(43)47-32(4,5)6)30(44)48-33(7,8)9/h14-17H,18-19H2,1-13H3. The fourth-order valence-corrected chi connectivity index (χ4v) is 5.03. The van der Waals surface area contributed by atoms with Crippen molar-refractivity contribution in [3.05, 3.63) is 39.2 Å². The largest absolute Gasteiger partial charge is 0.477 e. The molecular weight excluding hydrogens is 716 g/mol. The Morgan fingerprint density at radius 3 is 1.76 bits per heavy atom. The van der Waals surface area contributed by atoms with E-state index >= 15 is 0 Å². The number of aromatic nitrogens is 4. The zero-order chi connectivity index (χ0) is 37.3. The number of hydrogen-bond donors (Lipinski definition) is 0. The molecule has 0 unspecified atom stereocenters. The van der Waals surface area contributed by atoms with Crippen molar-refractivity contribution < 1.29 is 33.3 Å². The van der Waals surface area contributed by atoms with Crippen LogP contribution in [-0.4, -0.2) is 69.3 Å². The van der Waals surface area contributed by atoms with E-state index < -0.39 is 54.7 Å². The van der Waals surface area contributed by atoms with Crippen molar-refractivity contribution in [2.24, 2.45) is 7.05 Å². The first kappa shape index (κ1) is 39.4. The van der Waals surface area contributed by atoms with Crippen molar-refractivity contribution in [1.82, 2.24) is 19.5 Å². The number of halogens is 1. The molecule has 0 fully saturated rings. The number of amides is 3. The normalized spacial score (nSPS) is 12.4. The summed E-state index contributed by atoms with van der Waals surface area (Å²) in [4.78, 5) is 69.7. The van der Waals surface area contributed by atoms with E-state index in [4.69, 9.17) is 18.9 Å². The Morgan fingerprint density at radius 2 is 1.29 bits per heavy atom. The van der Waals surface area contributed by atoms with Gasteiger partial charge >= 0.3 is 24.0 Å². The van der Waals surface area contributed by atoms with Crippen molar-refractivity contribution in [2.45, 2.75) is 105 Å². The van der Waals surface area contributed by atoms with Crippen molar-refractivity contribution in [1.29, 1.82) is 0 Å². The maximum absolute atomic E-state index is 13.8. The summed E-state index contributed by atoms with van der Waals surface area (Å²) in [6.07, 6.45) is -3.09. The van der Waals surface area contributed by atoms with Gasteiger partial charge in [-0.25, -0.2) is 24.1 Å². The van der Waals surface area contributed by atoms with Crippen LogP contribution < -0.4 is 20.2 Å². The van der Waals surface area contributed by atoms with Crippen LogP contribution in [0.1, 0.15) is 62.3 Å². The van der Waals surface area contributed by atoms with Gasteiger partial charge in [0.05, 0.1) is 12.3 Å². The number of aryl methyl sites for hydroxylation is 1. The van der Waals surface area contributed by atoms with Crippen molar-refractivity contribution >= 4 is 70.8 Å². The second-order valence-electron chi connectivity index (χ2n) is 15.6. The Balaban J connectivity index is 2.47. The van der Waals surface area contributed by atoms with Gasteiger partial charge in [0.2, 0.25) is 11.8 Å². The Bertz CT molecular complexity index is 1740. The van der Waals surface area contributed by atoms with Gasteiger partial charge in [0, 0.05) is 19.6 Å². The number of imide groups is 1. The van der Waals surface area contributed by atoms with E-state index in [1.165, 1.54) is 7.05 Å². The fourth-order valence-electron chi connectivity index (χ4n) is 4.05. The Labute approximate surface area is 296 Å². The molecule has 0 saturated carbocycles. The topological polar surface area (TPSA) is 155 Å². The third-order valence-electron chi connectivity index (χ3n) is 6.19. The number of anilines is 3. The summed E-state index contributed by atoms with van der Waals surface area (Å²) in [6.45, 7) is 21.6. The molecule has 49 heavy (non-hydrogen) atoms. The maximum atomic E-state index is 13.8. The predicted octanol–water partition coefficient (Wildman–Crippen LogP) is 7.95. The third kappa shape index (κ3) is 11.0. The first-order valence-electron chi connectivity index (χ1n) is 15.7. The minimum atomic E-state index is -1.65. The maximum Gasteiger partial charge on any atom is 0.425 e. The molecule has 0 aliphatic carbocycles. The quantitative estimate of drug-likeness (QED) is 0.170. The number of hydrogen-bond acceptors (Lipinski definition) is 11. The van der Waals surface area contributed by atoms with Gasteiger partial charge in [-0.3, -0.25) is 4.57 Å². The number of ether oxygens (including phenoxy) is 4. The van der Waals surface area contributed by atoms with Crippen LogP contribution in [0.2, 0.25) is 25.7 Å². The molecule has 1 aromatic carbocycles. The molecule has 0 atom stereocenters. The summed E-state index contributed by atoms with van der Waals surface area (Å²) in [5.41, 5.74) is -3.56. The van der Waals surface area contributed by atoms with Crippen LogP contribution in [0, 0.1) is 0 Å². The van der Waals surface area contributed by atoms with Crippen LogP contribution in [-0.2, 0) is 21.3 Å². The average Bonchev–Trinajstić information content (AvgIpc) is 2.89. The molecule has 0 aliphatic heterocycles. The highest BCUT2D eigenvalue weighted by Crippen LogP contribution is 2.36. The third-order valence-corrected chi connectivity index (χ3v) is 8.42. The zero-order valence-electron chi connectivity index (χ0n) is 30.6. The molecule has 0 aliphatic rings. The molecule has 16 heteroatoms. The van der Waals surface area contributed by atoms with Crippen LogP contribution in [0.4, 0.5) is 31.8 Å². The van der Waals surface area contributed by atoms with Gasteiger partial charge in [0.1, 0.15) is 22.2 Å². The fraction of sp³-hybridized carbons (Fsp3) is 0.545. The highest BCUT2D eigenvalue weighted by molar-refractivity contribution is 9.10. The molecule has 2 aromatic heterocycles. The molecule has 0 radical (unpaired) electrons. The van der Waals surface area contributed by atoms with Gasteiger partial charge in [0.15, 0.2) is 11.5 Å². The lowest BCUT2D eigenvalue weighted by molar-refractivity contribution is 0.0428. The SMILES string of the molecule is Cn1c(=O)nc(N(C(=O)OC(C)(C)C)C(=O)OC(C)(C)C)c2c(OCC[Si](C)(C)C)nc(N(C(=O)OC(C)(C)C)c3ccc(Br)cc3)nc21. The minimum Gasteiger partial charge on any atom is -0.477 e. The molecule has 0 spiro atoms. The summed E-state index contributed by atoms with van der Waals surface area (Å²) >= 11 is 3.42. The van der Waals surface area contributed by atoms with Crippen molar-refractivity contribution in [3.63, 3.8) is 0 Å². The van der Waals surface area contributed by atoms with E-state index in [2.05, 4.69) is 50.5 Å². The van der Waals surface area contributed by atoms with Gasteiger partial charge in [-0.15, -0.1) is 0 Å². The van der Waals surface area contributed by atoms with Gasteiger partial charge < -0.3 is 18.9 Å². The first-order valence-corrected chi connectivity index (χ1v) is 20.2. The molecule has 3 amide bonds. The molecular formula is C33H47BrN6O8Si. The summed E-state index contributed by atoms with van der Waals surface area (Å²) in [5, 5.41) is -0.0573. The van der Waals surface area contributed by atoms with E-state index in [1.807, 2.05) is 0 Å². The second kappa shape index (κ2) is 14.4. The van der Waals surface area contributed by atoms with Crippen LogP contribution in [0.15, 0.2) is 33.5 Å². The number of benzene rings is 1. The number of carbonyl (C=O) groups is 3. The number of fused-ring (bicyclic) bond motifs is 1. The Morgan fingerprint density at radius 1 is 0.796 bits per heavy atom. The van der Waals surface area contributed by atoms with Crippen LogP contribution in [0.5, 0.6) is 5.88 Å². The lowest BCUT2D eigenvalue weighted by Crippen LogP contribution is -2.45. The lowest BCUT2D eigenvalue weighted by Gasteiger charge is -2.29. The monoisotopic (exact) mass is 762 g/mol. The minimum absolute atomic E-state index is 0.0573. The van der Waals surface area contributed by atoms with Crippen LogP contribution in [0.3, 0.4) is 0 Å². The average molecular weight is 764 g/mol. The molecule has 14 nitrogen and oxygen atoms in total. The Kier molecular flexibility index (Phi) is 11.6. The molecule has 3 rings (SSSR count). The van der Waals surface area contributed by atoms with Gasteiger partial charge in [0.25, 0.3) is 0 Å². The zero-order valence-corrected chi connectivity index (χ0v) is 33.1. The first-order chi connectivity index (χ1) is 22.3. The van der Waals surface area contributed by atoms with Gasteiger partial charge in [-0.05, 0) is 92.6 Å². The summed E-state index contributed by atoms with van der Waals surface area (Å²) in [6, 6.07) is 7.49. The van der Waals surface area contributed by atoms with Crippen LogP contribution in [0.25, 0.3) is 11.0 Å². The number of rotatable bonds is 7. The molecule has 0 N–H and O–H groups in total. The van der Waals surface area contributed by atoms with E-state index in [-0.39, 0.29) is 29.5 Å². The van der Waals surface area contributed by atoms with Crippen molar-refractivity contribution in [3.8, 4) is 5.88 Å². The predicted molar refractivity (Wildman–Crippen MR) is 194 cm³/mol. The number of nitrogens with zero attached hydrogens (tertiary/aromatic N) is 6. The summed E-state index contributed by atoms with van der Waals surface area (Å²) < 4.78 is 25.0. The van der Waals surface area contributed by atoms with Gasteiger partial charge in [-0.2, -0.15) is 19.9 Å². The molecule has 3 aromatic rings. The summed E-state index contributed by atoms with van der Waals surface area (Å²) in [7, 11) is -0.239. The van der Waals surface area contributed by atoms with Crippen LogP contribution >= 0.6 is 15.9 Å². The second-order valence-corrected chi connectivity index (χ2v) is 22.1. The number of carbonyl (C=O) groups excluding carboxylic acids is 3. The lowest BCUT2D eigenvalue weighted by atomic mass is 10.2. The van der Waals surface area contributed by atoms with Crippen molar-refractivity contribution in [2.75, 3.05) is 16.4 Å². The molecule has 0 bridgehead atoms. The highest BCUT2D eigenvalue weighted by atomic mass is 79.9. The van der Waals surface area contributed by atoms with E-state index in [9.17, 15) is 19.2 Å². The molecule has 268 valence electrons. The molecule has 2 heterocycles. The highest BCUT2D eigenvalue weighted by Gasteiger charge is 2.38. The molecule has 0 saturated heterocycles. The Hall–Kier alpha value is -4.05.